The first kappa shape index (κ1) is 15.6. The Morgan fingerprint density at radius 2 is 2.20 bits per heavy atom. The minimum absolute atomic E-state index is 0.202. The zero-order valence-electron chi connectivity index (χ0n) is 11.3. The molecule has 0 aromatic heterocycles. The maximum absolute atomic E-state index is 13.9. The number of anilines is 1. The lowest BCUT2D eigenvalue weighted by atomic mass is 10.2. The van der Waals surface area contributed by atoms with Gasteiger partial charge in [-0.25, -0.2) is 17.9 Å². The predicted molar refractivity (Wildman–Crippen MR) is 81.0 cm³/mol. The third-order valence-electron chi connectivity index (χ3n) is 3.42. The van der Waals surface area contributed by atoms with E-state index < -0.39 is 15.8 Å². The van der Waals surface area contributed by atoms with Crippen molar-refractivity contribution in [1.29, 1.82) is 0 Å². The van der Waals surface area contributed by atoms with Crippen molar-refractivity contribution in [3.63, 3.8) is 0 Å². The lowest BCUT2D eigenvalue weighted by Crippen LogP contribution is -2.18. The average molecular weight is 318 g/mol. The Bertz CT molecular complexity index is 578. The normalized spacial score (nSPS) is 22.9. The van der Waals surface area contributed by atoms with Crippen molar-refractivity contribution in [2.45, 2.75) is 42.4 Å². The lowest BCUT2D eigenvalue weighted by Gasteiger charge is -2.15. The number of thioether (sulfide) groups is 1. The molecule has 0 saturated heterocycles. The van der Waals surface area contributed by atoms with E-state index in [0.717, 1.165) is 31.1 Å². The smallest absolute Gasteiger partial charge is 0.238 e. The molecule has 0 amide bonds. The summed E-state index contributed by atoms with van der Waals surface area (Å²) in [5.41, 5.74) is 0.338. The minimum Gasteiger partial charge on any atom is -0.380 e. The first-order chi connectivity index (χ1) is 9.40. The largest absolute Gasteiger partial charge is 0.380 e. The van der Waals surface area contributed by atoms with Gasteiger partial charge in [-0.15, -0.1) is 0 Å². The van der Waals surface area contributed by atoms with Crippen LogP contribution in [0.15, 0.2) is 23.1 Å². The monoisotopic (exact) mass is 318 g/mol. The van der Waals surface area contributed by atoms with Gasteiger partial charge in [0.05, 0.1) is 10.6 Å². The molecule has 2 unspecified atom stereocenters. The second-order valence-corrected chi connectivity index (χ2v) is 8.06. The molecule has 1 aliphatic rings. The van der Waals surface area contributed by atoms with Crippen LogP contribution in [0.25, 0.3) is 0 Å². The number of sulfonamides is 1. The van der Waals surface area contributed by atoms with E-state index in [1.165, 1.54) is 12.1 Å². The summed E-state index contributed by atoms with van der Waals surface area (Å²) in [6, 6.07) is 3.97. The summed E-state index contributed by atoms with van der Waals surface area (Å²) in [4.78, 5) is -0.202. The number of hydrogen-bond acceptors (Lipinski definition) is 4. The highest BCUT2D eigenvalue weighted by Crippen LogP contribution is 2.32. The SMILES string of the molecule is CCSC1CCC(Nc2ccc(S(N)(=O)=O)cc2F)C1. The van der Waals surface area contributed by atoms with E-state index in [9.17, 15) is 12.8 Å². The third kappa shape index (κ3) is 3.86. The number of hydrogen-bond donors (Lipinski definition) is 2. The molecular weight excluding hydrogens is 299 g/mol. The second-order valence-electron chi connectivity index (χ2n) is 4.92. The number of benzene rings is 1. The molecule has 20 heavy (non-hydrogen) atoms. The molecular formula is C13H19FN2O2S2. The van der Waals surface area contributed by atoms with Crippen LogP contribution < -0.4 is 10.5 Å². The van der Waals surface area contributed by atoms with Crippen LogP contribution in [0.5, 0.6) is 0 Å². The van der Waals surface area contributed by atoms with Gasteiger partial charge in [-0.05, 0) is 43.2 Å². The Morgan fingerprint density at radius 3 is 2.80 bits per heavy atom. The molecule has 1 aromatic rings. The fourth-order valence-corrected chi connectivity index (χ4v) is 4.14. The molecule has 112 valence electrons. The first-order valence-electron chi connectivity index (χ1n) is 6.60. The summed E-state index contributed by atoms with van der Waals surface area (Å²) < 4.78 is 36.2. The topological polar surface area (TPSA) is 72.2 Å². The molecule has 0 heterocycles. The van der Waals surface area contributed by atoms with E-state index in [4.69, 9.17) is 5.14 Å². The molecule has 1 aliphatic carbocycles. The van der Waals surface area contributed by atoms with Crippen LogP contribution in [0.2, 0.25) is 0 Å². The maximum Gasteiger partial charge on any atom is 0.238 e. The van der Waals surface area contributed by atoms with Crippen LogP contribution >= 0.6 is 11.8 Å². The molecule has 1 saturated carbocycles. The van der Waals surface area contributed by atoms with Crippen LogP contribution in [0.3, 0.4) is 0 Å². The summed E-state index contributed by atoms with van der Waals surface area (Å²) in [6.45, 7) is 2.14. The molecule has 2 atom stereocenters. The minimum atomic E-state index is -3.86. The molecule has 0 aliphatic heterocycles. The quantitative estimate of drug-likeness (QED) is 0.875. The van der Waals surface area contributed by atoms with Gasteiger partial charge in [-0.2, -0.15) is 11.8 Å². The fourth-order valence-electron chi connectivity index (χ4n) is 2.47. The summed E-state index contributed by atoms with van der Waals surface area (Å²) in [7, 11) is -3.86. The standard InChI is InChI=1S/C13H19FN2O2S2/c1-2-19-10-4-3-9(7-10)16-13-6-5-11(8-12(13)14)20(15,17)18/h5-6,8-10,16H,2-4,7H2,1H3,(H2,15,17,18). The number of rotatable bonds is 5. The van der Waals surface area contributed by atoms with Crippen molar-refractivity contribution in [1.82, 2.24) is 0 Å². The van der Waals surface area contributed by atoms with Crippen LogP contribution in [-0.2, 0) is 10.0 Å². The Morgan fingerprint density at radius 1 is 1.45 bits per heavy atom. The van der Waals surface area contributed by atoms with Crippen molar-refractivity contribution < 1.29 is 12.8 Å². The highest BCUT2D eigenvalue weighted by Gasteiger charge is 2.25. The van der Waals surface area contributed by atoms with Crippen LogP contribution in [0.4, 0.5) is 10.1 Å². The number of primary sulfonamides is 1. The van der Waals surface area contributed by atoms with Crippen molar-refractivity contribution in [2.24, 2.45) is 5.14 Å². The van der Waals surface area contributed by atoms with Crippen LogP contribution in [-0.4, -0.2) is 25.5 Å². The van der Waals surface area contributed by atoms with Gasteiger partial charge in [-0.3, -0.25) is 0 Å². The van der Waals surface area contributed by atoms with E-state index in [2.05, 4.69) is 12.2 Å². The Labute approximate surface area is 123 Å². The van der Waals surface area contributed by atoms with Gasteiger partial charge >= 0.3 is 0 Å². The van der Waals surface area contributed by atoms with Crippen molar-refractivity contribution in [3.05, 3.63) is 24.0 Å². The lowest BCUT2D eigenvalue weighted by molar-refractivity contribution is 0.592. The Balaban J connectivity index is 2.04. The predicted octanol–water partition coefficient (Wildman–Crippen LogP) is 2.56. The van der Waals surface area contributed by atoms with E-state index >= 15 is 0 Å². The van der Waals surface area contributed by atoms with Crippen LogP contribution in [0.1, 0.15) is 26.2 Å². The highest BCUT2D eigenvalue weighted by atomic mass is 32.2. The van der Waals surface area contributed by atoms with Crippen molar-refractivity contribution in [2.75, 3.05) is 11.1 Å². The van der Waals surface area contributed by atoms with Gasteiger partial charge in [-0.1, -0.05) is 6.92 Å². The molecule has 7 heteroatoms. The highest BCUT2D eigenvalue weighted by molar-refractivity contribution is 7.99. The van der Waals surface area contributed by atoms with E-state index in [1.807, 2.05) is 11.8 Å². The summed E-state index contributed by atoms with van der Waals surface area (Å²) in [6.07, 6.45) is 3.15. The Kier molecular flexibility index (Phi) is 4.93. The summed E-state index contributed by atoms with van der Waals surface area (Å²) in [5, 5.41) is 8.75. The molecule has 1 aromatic carbocycles. The fraction of sp³-hybridized carbons (Fsp3) is 0.538. The second kappa shape index (κ2) is 6.32. The molecule has 1 fully saturated rings. The third-order valence-corrected chi connectivity index (χ3v) is 5.56. The number of halogens is 1. The molecule has 0 radical (unpaired) electrons. The van der Waals surface area contributed by atoms with Crippen molar-refractivity contribution >= 4 is 27.5 Å². The maximum atomic E-state index is 13.9. The van der Waals surface area contributed by atoms with Gasteiger partial charge < -0.3 is 5.32 Å². The summed E-state index contributed by atoms with van der Waals surface area (Å²) >= 11 is 1.93. The van der Waals surface area contributed by atoms with Gasteiger partial charge in [0.25, 0.3) is 0 Å². The van der Waals surface area contributed by atoms with E-state index in [1.54, 1.807) is 0 Å². The zero-order valence-corrected chi connectivity index (χ0v) is 12.9. The number of nitrogens with two attached hydrogens (primary N) is 1. The van der Waals surface area contributed by atoms with Gasteiger partial charge in [0, 0.05) is 11.3 Å². The number of nitrogens with one attached hydrogen (secondary N) is 1. The average Bonchev–Trinajstić information content (AvgIpc) is 2.78. The molecule has 4 nitrogen and oxygen atoms in total. The molecule has 0 spiro atoms. The summed E-state index contributed by atoms with van der Waals surface area (Å²) in [5.74, 6) is 0.512. The van der Waals surface area contributed by atoms with Crippen LogP contribution in [0, 0.1) is 5.82 Å². The molecule has 3 N–H and O–H groups in total. The van der Waals surface area contributed by atoms with Gasteiger partial charge in [0.2, 0.25) is 10.0 Å². The van der Waals surface area contributed by atoms with Gasteiger partial charge in [0.15, 0.2) is 0 Å². The van der Waals surface area contributed by atoms with Crippen molar-refractivity contribution in [3.8, 4) is 0 Å². The molecule has 2 rings (SSSR count). The Hall–Kier alpha value is -0.790. The van der Waals surface area contributed by atoms with E-state index in [-0.39, 0.29) is 10.9 Å². The van der Waals surface area contributed by atoms with Gasteiger partial charge in [0.1, 0.15) is 5.82 Å². The first-order valence-corrected chi connectivity index (χ1v) is 9.20. The van der Waals surface area contributed by atoms with E-state index in [0.29, 0.717) is 10.9 Å². The zero-order chi connectivity index (χ0) is 14.8. The molecule has 0 bridgehead atoms.